The molecule has 2 aromatic carbocycles. The minimum Gasteiger partial charge on any atom is -0.507 e. The maximum absolute atomic E-state index is 12.6. The van der Waals surface area contributed by atoms with Gasteiger partial charge in [0.05, 0.1) is 10.5 Å². The quantitative estimate of drug-likeness (QED) is 0.685. The number of hydrogen-bond acceptors (Lipinski definition) is 5. The minimum absolute atomic E-state index is 0.00554. The third kappa shape index (κ3) is 3.75. The lowest BCUT2D eigenvalue weighted by Gasteiger charge is -2.26. The van der Waals surface area contributed by atoms with E-state index >= 15 is 0 Å². The van der Waals surface area contributed by atoms with Crippen LogP contribution in [0.15, 0.2) is 70.2 Å². The van der Waals surface area contributed by atoms with Crippen molar-refractivity contribution < 1.29 is 19.4 Å². The zero-order valence-electron chi connectivity index (χ0n) is 17.1. The molecular weight excluding hydrogens is 398 g/mol. The molecule has 0 bridgehead atoms. The fourth-order valence-electron chi connectivity index (χ4n) is 3.56. The van der Waals surface area contributed by atoms with Gasteiger partial charge in [-0.3, -0.25) is 9.59 Å². The Kier molecular flexibility index (Phi) is 5.20. The fraction of sp³-hybridized carbons (Fsp3) is 0.250. The summed E-state index contributed by atoms with van der Waals surface area (Å²) >= 11 is 1.45. The SMILES string of the molecule is CC(C)NC(=O)c1cc(C2(C)CC=C(/C=C3\Sc4ccccc4C3=O)O2)ccc1O. The summed E-state index contributed by atoms with van der Waals surface area (Å²) in [6.07, 6.45) is 4.32. The zero-order valence-corrected chi connectivity index (χ0v) is 17.9. The van der Waals surface area contributed by atoms with Crippen molar-refractivity contribution in [2.24, 2.45) is 0 Å². The van der Waals surface area contributed by atoms with Crippen LogP contribution in [0.5, 0.6) is 5.75 Å². The summed E-state index contributed by atoms with van der Waals surface area (Å²) in [6.45, 7) is 5.67. The Hall–Kier alpha value is -2.99. The van der Waals surface area contributed by atoms with Gasteiger partial charge in [-0.15, -0.1) is 0 Å². The van der Waals surface area contributed by atoms with Crippen molar-refractivity contribution in [3.05, 3.63) is 82.0 Å². The summed E-state index contributed by atoms with van der Waals surface area (Å²) in [6, 6.07) is 12.5. The molecule has 2 aliphatic heterocycles. The Bertz CT molecular complexity index is 1100. The third-order valence-electron chi connectivity index (χ3n) is 5.16. The molecule has 0 aromatic heterocycles. The number of aromatic hydroxyl groups is 1. The first kappa shape index (κ1) is 20.3. The van der Waals surface area contributed by atoms with E-state index < -0.39 is 5.60 Å². The molecule has 154 valence electrons. The van der Waals surface area contributed by atoms with E-state index in [1.54, 1.807) is 18.2 Å². The van der Waals surface area contributed by atoms with Gasteiger partial charge in [0.15, 0.2) is 0 Å². The number of benzene rings is 2. The highest BCUT2D eigenvalue weighted by molar-refractivity contribution is 8.04. The molecule has 30 heavy (non-hydrogen) atoms. The van der Waals surface area contributed by atoms with Crippen molar-refractivity contribution in [2.45, 2.75) is 43.7 Å². The molecule has 1 amide bonds. The van der Waals surface area contributed by atoms with Gasteiger partial charge in [0.25, 0.3) is 5.91 Å². The molecule has 1 unspecified atom stereocenters. The van der Waals surface area contributed by atoms with Gasteiger partial charge in [-0.05, 0) is 62.8 Å². The van der Waals surface area contributed by atoms with Crippen LogP contribution in [-0.2, 0) is 10.3 Å². The largest absolute Gasteiger partial charge is 0.507 e. The third-order valence-corrected chi connectivity index (χ3v) is 6.26. The number of Topliss-reactive ketones (excluding diaryl/α,β-unsaturated/α-hetero) is 1. The predicted octanol–water partition coefficient (Wildman–Crippen LogP) is 4.92. The minimum atomic E-state index is -0.688. The zero-order chi connectivity index (χ0) is 21.5. The number of carbonyl (C=O) groups is 2. The normalized spacial score (nSPS) is 21.5. The highest BCUT2D eigenvalue weighted by atomic mass is 32.2. The number of thioether (sulfide) groups is 1. The standard InChI is InChI=1S/C24H23NO4S/c1-14(2)25-23(28)18-12-15(8-9-19(18)26)24(3)11-10-16(29-24)13-21-22(27)17-6-4-5-7-20(17)30-21/h4-10,12-14,26H,11H2,1-3H3,(H,25,28)/b21-13-. The number of ether oxygens (including phenoxy) is 1. The van der Waals surface area contributed by atoms with E-state index in [1.165, 1.54) is 17.8 Å². The molecule has 4 rings (SSSR count). The number of carbonyl (C=O) groups excluding carboxylic acids is 2. The molecule has 2 aromatic rings. The molecule has 2 heterocycles. The van der Waals surface area contributed by atoms with E-state index in [1.807, 2.05) is 51.1 Å². The molecule has 2 aliphatic rings. The molecule has 6 heteroatoms. The highest BCUT2D eigenvalue weighted by Gasteiger charge is 2.35. The Morgan fingerprint density at radius 3 is 2.77 bits per heavy atom. The van der Waals surface area contributed by atoms with Crippen molar-refractivity contribution in [1.29, 1.82) is 0 Å². The Morgan fingerprint density at radius 2 is 2.03 bits per heavy atom. The number of nitrogens with one attached hydrogen (secondary N) is 1. The van der Waals surface area contributed by atoms with Crippen LogP contribution in [0.25, 0.3) is 0 Å². The van der Waals surface area contributed by atoms with Crippen molar-refractivity contribution in [3.8, 4) is 5.75 Å². The number of allylic oxidation sites excluding steroid dienone is 2. The van der Waals surface area contributed by atoms with Gasteiger partial charge in [-0.25, -0.2) is 0 Å². The monoisotopic (exact) mass is 421 g/mol. The van der Waals surface area contributed by atoms with Crippen LogP contribution in [0.3, 0.4) is 0 Å². The Balaban J connectivity index is 1.55. The summed E-state index contributed by atoms with van der Waals surface area (Å²) in [4.78, 5) is 26.6. The molecule has 0 spiro atoms. The van der Waals surface area contributed by atoms with Gasteiger partial charge >= 0.3 is 0 Å². The summed E-state index contributed by atoms with van der Waals surface area (Å²) in [5.74, 6) is 0.236. The lowest BCUT2D eigenvalue weighted by molar-refractivity contribution is 0.0467. The van der Waals surface area contributed by atoms with Crippen LogP contribution in [0.2, 0.25) is 0 Å². The first-order valence-electron chi connectivity index (χ1n) is 9.83. The van der Waals surface area contributed by atoms with Crippen LogP contribution in [-0.4, -0.2) is 22.8 Å². The summed E-state index contributed by atoms with van der Waals surface area (Å²) in [7, 11) is 0. The first-order chi connectivity index (χ1) is 14.3. The summed E-state index contributed by atoms with van der Waals surface area (Å²) < 4.78 is 6.21. The molecule has 0 radical (unpaired) electrons. The summed E-state index contributed by atoms with van der Waals surface area (Å²) in [5, 5.41) is 12.9. The first-order valence-corrected chi connectivity index (χ1v) is 10.7. The van der Waals surface area contributed by atoms with Crippen molar-refractivity contribution in [1.82, 2.24) is 5.32 Å². The molecular formula is C24H23NO4S. The Labute approximate surface area is 179 Å². The number of hydrogen-bond donors (Lipinski definition) is 2. The van der Waals surface area contributed by atoms with Crippen LogP contribution in [0.1, 0.15) is 53.5 Å². The number of amides is 1. The average molecular weight is 422 g/mol. The lowest BCUT2D eigenvalue weighted by Crippen LogP contribution is -2.30. The van der Waals surface area contributed by atoms with Crippen LogP contribution < -0.4 is 5.32 Å². The van der Waals surface area contributed by atoms with E-state index in [2.05, 4.69) is 5.32 Å². The van der Waals surface area contributed by atoms with Gasteiger partial charge in [-0.1, -0.05) is 30.0 Å². The lowest BCUT2D eigenvalue weighted by atomic mass is 9.91. The smallest absolute Gasteiger partial charge is 0.255 e. The second-order valence-electron chi connectivity index (χ2n) is 7.94. The van der Waals surface area contributed by atoms with Gasteiger partial charge in [0, 0.05) is 22.9 Å². The van der Waals surface area contributed by atoms with Crippen molar-refractivity contribution in [3.63, 3.8) is 0 Å². The van der Waals surface area contributed by atoms with Crippen molar-refractivity contribution in [2.75, 3.05) is 0 Å². The maximum atomic E-state index is 12.6. The maximum Gasteiger partial charge on any atom is 0.255 e. The molecule has 0 saturated carbocycles. The van der Waals surface area contributed by atoms with Gasteiger partial charge in [-0.2, -0.15) is 0 Å². The fourth-order valence-corrected chi connectivity index (χ4v) is 4.59. The van der Waals surface area contributed by atoms with Gasteiger partial charge in [0.1, 0.15) is 17.1 Å². The second-order valence-corrected chi connectivity index (χ2v) is 9.02. The van der Waals surface area contributed by atoms with E-state index in [9.17, 15) is 14.7 Å². The molecule has 5 nitrogen and oxygen atoms in total. The molecule has 2 N–H and O–H groups in total. The molecule has 0 aliphatic carbocycles. The van der Waals surface area contributed by atoms with E-state index in [-0.39, 0.29) is 29.0 Å². The summed E-state index contributed by atoms with van der Waals surface area (Å²) in [5.41, 5.74) is 1.03. The number of phenols is 1. The molecule has 0 saturated heterocycles. The molecule has 0 fully saturated rings. The van der Waals surface area contributed by atoms with Gasteiger partial charge in [0.2, 0.25) is 5.78 Å². The average Bonchev–Trinajstić information content (AvgIpc) is 3.23. The van der Waals surface area contributed by atoms with Crippen LogP contribution in [0, 0.1) is 0 Å². The van der Waals surface area contributed by atoms with E-state index in [0.717, 1.165) is 16.0 Å². The van der Waals surface area contributed by atoms with Crippen molar-refractivity contribution >= 4 is 23.5 Å². The highest BCUT2D eigenvalue weighted by Crippen LogP contribution is 2.43. The van der Waals surface area contributed by atoms with E-state index in [0.29, 0.717) is 17.1 Å². The van der Waals surface area contributed by atoms with E-state index in [4.69, 9.17) is 4.74 Å². The number of phenolic OH excluding ortho intramolecular Hbond substituents is 1. The van der Waals surface area contributed by atoms with Crippen LogP contribution in [0.4, 0.5) is 0 Å². The number of ketones is 1. The number of rotatable bonds is 4. The topological polar surface area (TPSA) is 75.6 Å². The van der Waals surface area contributed by atoms with Gasteiger partial charge < -0.3 is 15.2 Å². The number of fused-ring (bicyclic) bond motifs is 1. The Morgan fingerprint density at radius 1 is 1.27 bits per heavy atom. The van der Waals surface area contributed by atoms with Crippen LogP contribution >= 0.6 is 11.8 Å². The predicted molar refractivity (Wildman–Crippen MR) is 117 cm³/mol. The molecule has 1 atom stereocenters. The second kappa shape index (κ2) is 7.69.